The van der Waals surface area contributed by atoms with Gasteiger partial charge in [-0.25, -0.2) is 9.29 Å². The minimum atomic E-state index is -1.01. The Kier molecular flexibility index (Phi) is 4.57. The molecular formula is C20H18FN5O3. The molecule has 0 aliphatic carbocycles. The van der Waals surface area contributed by atoms with Gasteiger partial charge in [0, 0.05) is 5.69 Å². The summed E-state index contributed by atoms with van der Waals surface area (Å²) in [6, 6.07) is 8.59. The van der Waals surface area contributed by atoms with E-state index in [1.807, 2.05) is 26.0 Å². The molecule has 1 N–H and O–H groups in total. The molecule has 2 aliphatic heterocycles. The standard InChI is InChI=1S/C20H18FN5O3/c1-11-4-3-5-15(12(11)2)22-16(27)10-25-18-17(23-24-25)19(28)26(20(18)29)14-8-6-13(21)7-9-14/h3-9,17-18H,10H2,1-2H3,(H,22,27)/t17-,18-/m0/s1. The highest BCUT2D eigenvalue weighted by atomic mass is 19.1. The Morgan fingerprint density at radius 1 is 1.10 bits per heavy atom. The topological polar surface area (TPSA) is 94.4 Å². The SMILES string of the molecule is Cc1cccc(NC(=O)CN2N=N[C@@H]3C(=O)N(c4ccc(F)cc4)C(=O)[C@H]32)c1C. The molecule has 2 aliphatic rings. The Bertz CT molecular complexity index is 1040. The molecule has 2 aromatic carbocycles. The Balaban J connectivity index is 1.49. The number of imide groups is 1. The molecule has 2 heterocycles. The van der Waals surface area contributed by atoms with Crippen LogP contribution in [0.25, 0.3) is 0 Å². The maximum Gasteiger partial charge on any atom is 0.263 e. The van der Waals surface area contributed by atoms with Gasteiger partial charge in [0.05, 0.1) is 5.69 Å². The third-order valence-electron chi connectivity index (χ3n) is 5.13. The van der Waals surface area contributed by atoms with Crippen LogP contribution >= 0.6 is 0 Å². The fourth-order valence-electron chi connectivity index (χ4n) is 3.42. The molecule has 3 amide bonds. The third kappa shape index (κ3) is 3.24. The predicted octanol–water partition coefficient (Wildman–Crippen LogP) is 2.37. The molecule has 0 spiro atoms. The van der Waals surface area contributed by atoms with Gasteiger partial charge in [-0.3, -0.25) is 19.4 Å². The van der Waals surface area contributed by atoms with E-state index in [9.17, 15) is 18.8 Å². The van der Waals surface area contributed by atoms with E-state index in [2.05, 4.69) is 15.7 Å². The van der Waals surface area contributed by atoms with Gasteiger partial charge in [-0.15, -0.1) is 0 Å². The number of nitrogens with zero attached hydrogens (tertiary/aromatic N) is 4. The van der Waals surface area contributed by atoms with Crippen molar-refractivity contribution in [3.8, 4) is 0 Å². The molecule has 2 aromatic rings. The highest BCUT2D eigenvalue weighted by molar-refractivity contribution is 6.25. The van der Waals surface area contributed by atoms with Crippen LogP contribution in [0.1, 0.15) is 11.1 Å². The van der Waals surface area contributed by atoms with E-state index < -0.39 is 29.7 Å². The minimum Gasteiger partial charge on any atom is -0.324 e. The molecule has 2 atom stereocenters. The van der Waals surface area contributed by atoms with Gasteiger partial charge < -0.3 is 5.32 Å². The van der Waals surface area contributed by atoms with E-state index in [1.54, 1.807) is 6.07 Å². The molecular weight excluding hydrogens is 377 g/mol. The number of anilines is 2. The fraction of sp³-hybridized carbons (Fsp3) is 0.250. The van der Waals surface area contributed by atoms with Crippen LogP contribution in [0.5, 0.6) is 0 Å². The highest BCUT2D eigenvalue weighted by Crippen LogP contribution is 2.31. The normalized spacial score (nSPS) is 20.4. The first-order valence-corrected chi connectivity index (χ1v) is 9.03. The summed E-state index contributed by atoms with van der Waals surface area (Å²) >= 11 is 0. The van der Waals surface area contributed by atoms with Gasteiger partial charge in [0.2, 0.25) is 5.91 Å². The van der Waals surface area contributed by atoms with Crippen molar-refractivity contribution in [2.45, 2.75) is 25.9 Å². The zero-order chi connectivity index (χ0) is 20.7. The molecule has 9 heteroatoms. The largest absolute Gasteiger partial charge is 0.324 e. The average molecular weight is 395 g/mol. The number of rotatable bonds is 4. The maximum atomic E-state index is 13.2. The van der Waals surface area contributed by atoms with Crippen molar-refractivity contribution in [2.75, 3.05) is 16.8 Å². The number of nitrogens with one attached hydrogen (secondary N) is 1. The maximum absolute atomic E-state index is 13.2. The van der Waals surface area contributed by atoms with Crippen molar-refractivity contribution in [1.29, 1.82) is 0 Å². The molecule has 0 saturated carbocycles. The van der Waals surface area contributed by atoms with Crippen LogP contribution in [-0.4, -0.2) is 41.4 Å². The molecule has 148 valence electrons. The van der Waals surface area contributed by atoms with Crippen molar-refractivity contribution in [1.82, 2.24) is 5.01 Å². The van der Waals surface area contributed by atoms with Gasteiger partial charge in [0.15, 0.2) is 12.1 Å². The lowest BCUT2D eigenvalue weighted by Crippen LogP contribution is -2.43. The Morgan fingerprint density at radius 2 is 1.83 bits per heavy atom. The highest BCUT2D eigenvalue weighted by Gasteiger charge is 2.55. The van der Waals surface area contributed by atoms with E-state index in [0.717, 1.165) is 16.0 Å². The van der Waals surface area contributed by atoms with E-state index >= 15 is 0 Å². The van der Waals surface area contributed by atoms with Crippen molar-refractivity contribution in [3.63, 3.8) is 0 Å². The number of carbonyl (C=O) groups is 3. The first-order chi connectivity index (χ1) is 13.9. The van der Waals surface area contributed by atoms with Crippen molar-refractivity contribution >= 4 is 29.1 Å². The molecule has 0 radical (unpaired) electrons. The van der Waals surface area contributed by atoms with Gasteiger partial charge in [-0.2, -0.15) is 5.11 Å². The van der Waals surface area contributed by atoms with E-state index in [0.29, 0.717) is 5.69 Å². The lowest BCUT2D eigenvalue weighted by atomic mass is 10.1. The van der Waals surface area contributed by atoms with Crippen LogP contribution in [0.2, 0.25) is 0 Å². The lowest BCUT2D eigenvalue weighted by Gasteiger charge is -2.20. The van der Waals surface area contributed by atoms with Gasteiger partial charge in [-0.05, 0) is 55.3 Å². The zero-order valence-electron chi connectivity index (χ0n) is 15.8. The smallest absolute Gasteiger partial charge is 0.263 e. The molecule has 1 fully saturated rings. The summed E-state index contributed by atoms with van der Waals surface area (Å²) < 4.78 is 13.2. The first kappa shape index (κ1) is 18.7. The second kappa shape index (κ2) is 7.08. The quantitative estimate of drug-likeness (QED) is 0.804. The number of halogens is 1. The van der Waals surface area contributed by atoms with Crippen molar-refractivity contribution < 1.29 is 18.8 Å². The second-order valence-electron chi connectivity index (χ2n) is 6.98. The summed E-state index contributed by atoms with van der Waals surface area (Å²) in [4.78, 5) is 38.9. The summed E-state index contributed by atoms with van der Waals surface area (Å²) in [6.07, 6.45) is 0. The van der Waals surface area contributed by atoms with Gasteiger partial charge in [-0.1, -0.05) is 17.4 Å². The second-order valence-corrected chi connectivity index (χ2v) is 6.98. The van der Waals surface area contributed by atoms with Gasteiger partial charge in [0.25, 0.3) is 11.8 Å². The molecule has 29 heavy (non-hydrogen) atoms. The molecule has 1 saturated heterocycles. The summed E-state index contributed by atoms with van der Waals surface area (Å²) in [7, 11) is 0. The van der Waals surface area contributed by atoms with E-state index in [1.165, 1.54) is 29.3 Å². The number of amides is 3. The van der Waals surface area contributed by atoms with E-state index in [4.69, 9.17) is 0 Å². The number of aryl methyl sites for hydroxylation is 1. The number of fused-ring (bicyclic) bond motifs is 1. The predicted molar refractivity (Wildman–Crippen MR) is 103 cm³/mol. The first-order valence-electron chi connectivity index (χ1n) is 9.03. The summed E-state index contributed by atoms with van der Waals surface area (Å²) in [5.41, 5.74) is 2.90. The molecule has 4 rings (SSSR count). The molecule has 0 unspecified atom stereocenters. The van der Waals surface area contributed by atoms with E-state index in [-0.39, 0.29) is 18.1 Å². The Labute approximate surface area is 166 Å². The number of hydrogen-bond acceptors (Lipinski definition) is 6. The Morgan fingerprint density at radius 3 is 2.55 bits per heavy atom. The summed E-state index contributed by atoms with van der Waals surface area (Å²) in [5, 5.41) is 11.8. The van der Waals surface area contributed by atoms with Crippen LogP contribution < -0.4 is 10.2 Å². The van der Waals surface area contributed by atoms with Crippen molar-refractivity contribution in [3.05, 3.63) is 59.4 Å². The fourth-order valence-corrected chi connectivity index (χ4v) is 3.42. The zero-order valence-corrected chi connectivity index (χ0v) is 15.8. The molecule has 0 aromatic heterocycles. The van der Waals surface area contributed by atoms with Gasteiger partial charge >= 0.3 is 0 Å². The number of carbonyl (C=O) groups excluding carboxylic acids is 3. The van der Waals surface area contributed by atoms with Crippen LogP contribution in [0.3, 0.4) is 0 Å². The lowest BCUT2D eigenvalue weighted by molar-refractivity contribution is -0.123. The van der Waals surface area contributed by atoms with Crippen LogP contribution in [-0.2, 0) is 14.4 Å². The third-order valence-corrected chi connectivity index (χ3v) is 5.13. The van der Waals surface area contributed by atoms with Crippen molar-refractivity contribution in [2.24, 2.45) is 10.3 Å². The Hall–Kier alpha value is -3.62. The number of hydrogen-bond donors (Lipinski definition) is 1. The van der Waals surface area contributed by atoms with Gasteiger partial charge in [0.1, 0.15) is 12.4 Å². The van der Waals surface area contributed by atoms with Crippen LogP contribution in [0, 0.1) is 19.7 Å². The van der Waals surface area contributed by atoms with Crippen LogP contribution in [0.15, 0.2) is 52.8 Å². The molecule has 0 bridgehead atoms. The van der Waals surface area contributed by atoms with Crippen LogP contribution in [0.4, 0.5) is 15.8 Å². The summed E-state index contributed by atoms with van der Waals surface area (Å²) in [5.74, 6) is -1.94. The summed E-state index contributed by atoms with van der Waals surface area (Å²) in [6.45, 7) is 3.61. The monoisotopic (exact) mass is 395 g/mol. The average Bonchev–Trinajstić information content (AvgIpc) is 3.20. The molecule has 8 nitrogen and oxygen atoms in total. The number of benzene rings is 2. The minimum absolute atomic E-state index is 0.228.